The molecular formula is C10H20N2O2. The van der Waals surface area contributed by atoms with Crippen LogP contribution in [0, 0.1) is 5.92 Å². The number of rotatable bonds is 5. The van der Waals surface area contributed by atoms with Gasteiger partial charge >= 0.3 is 0 Å². The van der Waals surface area contributed by atoms with Gasteiger partial charge in [-0.1, -0.05) is 6.42 Å². The fraction of sp³-hybridized carbons (Fsp3) is 0.900. The maximum absolute atomic E-state index is 11.2. The Kier molecular flexibility index (Phi) is 3.89. The topological polar surface area (TPSA) is 78.3 Å². The molecule has 14 heavy (non-hydrogen) atoms. The molecule has 4 nitrogen and oxygen atoms in total. The molecule has 0 aromatic heterocycles. The van der Waals surface area contributed by atoms with E-state index in [2.05, 4.69) is 0 Å². The van der Waals surface area contributed by atoms with E-state index in [1.807, 2.05) is 6.92 Å². The number of hydrogen-bond donors (Lipinski definition) is 2. The molecule has 1 amide bonds. The first-order valence-electron chi connectivity index (χ1n) is 5.27. The highest BCUT2D eigenvalue weighted by Crippen LogP contribution is 2.35. The zero-order valence-electron chi connectivity index (χ0n) is 8.79. The summed E-state index contributed by atoms with van der Waals surface area (Å²) in [5.74, 6) is -0.164. The summed E-state index contributed by atoms with van der Waals surface area (Å²) in [6.45, 7) is 3.34. The van der Waals surface area contributed by atoms with E-state index >= 15 is 0 Å². The van der Waals surface area contributed by atoms with Crippen molar-refractivity contribution in [3.8, 4) is 0 Å². The number of ether oxygens (including phenoxy) is 1. The largest absolute Gasteiger partial charge is 0.382 e. The molecule has 2 unspecified atom stereocenters. The number of carbonyl (C=O) groups is 1. The Balaban J connectivity index is 2.46. The second kappa shape index (κ2) is 4.75. The van der Waals surface area contributed by atoms with Crippen LogP contribution in [0.4, 0.5) is 0 Å². The molecule has 1 rings (SSSR count). The maximum atomic E-state index is 11.2. The lowest BCUT2D eigenvalue weighted by Crippen LogP contribution is -2.54. The third-order valence-corrected chi connectivity index (χ3v) is 3.15. The summed E-state index contributed by atoms with van der Waals surface area (Å²) in [4.78, 5) is 11.2. The van der Waals surface area contributed by atoms with Crippen molar-refractivity contribution in [2.24, 2.45) is 17.4 Å². The van der Waals surface area contributed by atoms with Gasteiger partial charge in [0.2, 0.25) is 5.91 Å². The third-order valence-electron chi connectivity index (χ3n) is 3.15. The maximum Gasteiger partial charge on any atom is 0.237 e. The van der Waals surface area contributed by atoms with Crippen molar-refractivity contribution in [2.75, 3.05) is 13.2 Å². The van der Waals surface area contributed by atoms with Crippen LogP contribution in [0.1, 0.15) is 32.6 Å². The average Bonchev–Trinajstić information content (AvgIpc) is 2.50. The van der Waals surface area contributed by atoms with Gasteiger partial charge in [-0.25, -0.2) is 0 Å². The molecule has 0 bridgehead atoms. The third kappa shape index (κ3) is 2.25. The minimum Gasteiger partial charge on any atom is -0.382 e. The van der Waals surface area contributed by atoms with E-state index in [-0.39, 0.29) is 11.8 Å². The van der Waals surface area contributed by atoms with E-state index in [9.17, 15) is 4.79 Å². The second-order valence-corrected chi connectivity index (χ2v) is 3.98. The van der Waals surface area contributed by atoms with Gasteiger partial charge in [0.25, 0.3) is 0 Å². The van der Waals surface area contributed by atoms with Crippen LogP contribution in [0.2, 0.25) is 0 Å². The molecule has 0 aliphatic heterocycles. The predicted octanol–water partition coefficient (Wildman–Crippen LogP) is 0.396. The van der Waals surface area contributed by atoms with Crippen LogP contribution in [-0.2, 0) is 9.53 Å². The highest BCUT2D eigenvalue weighted by molar-refractivity contribution is 5.85. The van der Waals surface area contributed by atoms with Crippen LogP contribution in [0.25, 0.3) is 0 Å². The first-order chi connectivity index (χ1) is 6.61. The van der Waals surface area contributed by atoms with Gasteiger partial charge in [0, 0.05) is 13.2 Å². The molecule has 2 atom stereocenters. The van der Waals surface area contributed by atoms with E-state index in [0.717, 1.165) is 25.7 Å². The van der Waals surface area contributed by atoms with E-state index in [0.29, 0.717) is 13.2 Å². The highest BCUT2D eigenvalue weighted by Gasteiger charge is 2.43. The van der Waals surface area contributed by atoms with Crippen LogP contribution < -0.4 is 11.5 Å². The Labute approximate surface area is 85.0 Å². The van der Waals surface area contributed by atoms with Gasteiger partial charge < -0.3 is 16.2 Å². The van der Waals surface area contributed by atoms with Gasteiger partial charge in [0.1, 0.15) is 0 Å². The number of amides is 1. The van der Waals surface area contributed by atoms with Crippen molar-refractivity contribution in [2.45, 2.75) is 38.1 Å². The predicted molar refractivity (Wildman–Crippen MR) is 54.6 cm³/mol. The number of nitrogens with two attached hydrogens (primary N) is 2. The van der Waals surface area contributed by atoms with Gasteiger partial charge in [-0.15, -0.1) is 0 Å². The van der Waals surface area contributed by atoms with Gasteiger partial charge in [0.15, 0.2) is 0 Å². The zero-order chi connectivity index (χ0) is 10.6. The molecule has 4 heteroatoms. The summed E-state index contributed by atoms with van der Waals surface area (Å²) in [5, 5.41) is 0. The molecule has 0 aromatic rings. The van der Waals surface area contributed by atoms with Gasteiger partial charge in [-0.05, 0) is 32.1 Å². The Bertz CT molecular complexity index is 208. The van der Waals surface area contributed by atoms with Crippen LogP contribution >= 0.6 is 0 Å². The molecule has 1 saturated carbocycles. The molecule has 1 aliphatic carbocycles. The number of primary amides is 1. The summed E-state index contributed by atoms with van der Waals surface area (Å²) >= 11 is 0. The second-order valence-electron chi connectivity index (χ2n) is 3.98. The van der Waals surface area contributed by atoms with Crippen LogP contribution in [0.15, 0.2) is 0 Å². The molecule has 4 N–H and O–H groups in total. The zero-order valence-corrected chi connectivity index (χ0v) is 8.79. The molecule has 0 saturated heterocycles. The molecule has 0 heterocycles. The van der Waals surface area contributed by atoms with Gasteiger partial charge in [-0.2, -0.15) is 0 Å². The number of hydrogen-bond acceptors (Lipinski definition) is 3. The summed E-state index contributed by atoms with van der Waals surface area (Å²) in [6.07, 6.45) is 3.55. The average molecular weight is 200 g/mol. The first kappa shape index (κ1) is 11.5. The molecule has 0 radical (unpaired) electrons. The minimum atomic E-state index is -0.781. The van der Waals surface area contributed by atoms with Crippen LogP contribution in [0.5, 0.6) is 0 Å². The monoisotopic (exact) mass is 200 g/mol. The minimum absolute atomic E-state index is 0.201. The summed E-state index contributed by atoms with van der Waals surface area (Å²) < 4.78 is 5.26. The van der Waals surface area contributed by atoms with Crippen molar-refractivity contribution >= 4 is 5.91 Å². The van der Waals surface area contributed by atoms with E-state index < -0.39 is 5.54 Å². The lowest BCUT2D eigenvalue weighted by molar-refractivity contribution is -0.124. The molecule has 0 spiro atoms. The van der Waals surface area contributed by atoms with Crippen molar-refractivity contribution in [1.29, 1.82) is 0 Å². The lowest BCUT2D eigenvalue weighted by atomic mass is 9.85. The SMILES string of the molecule is CCOCCC1CCCC1(N)C(N)=O. The molecular weight excluding hydrogens is 180 g/mol. The lowest BCUT2D eigenvalue weighted by Gasteiger charge is -2.27. The fourth-order valence-corrected chi connectivity index (χ4v) is 2.20. The summed E-state index contributed by atoms with van der Waals surface area (Å²) in [6, 6.07) is 0. The van der Waals surface area contributed by atoms with Crippen molar-refractivity contribution in [3.05, 3.63) is 0 Å². The smallest absolute Gasteiger partial charge is 0.237 e. The molecule has 82 valence electrons. The van der Waals surface area contributed by atoms with E-state index in [4.69, 9.17) is 16.2 Å². The summed E-state index contributed by atoms with van der Waals surface area (Å²) in [7, 11) is 0. The molecule has 1 fully saturated rings. The van der Waals surface area contributed by atoms with Crippen molar-refractivity contribution < 1.29 is 9.53 Å². The normalized spacial score (nSPS) is 32.0. The Hall–Kier alpha value is -0.610. The van der Waals surface area contributed by atoms with Crippen LogP contribution in [0.3, 0.4) is 0 Å². The van der Waals surface area contributed by atoms with Gasteiger partial charge in [0.05, 0.1) is 5.54 Å². The van der Waals surface area contributed by atoms with Crippen LogP contribution in [-0.4, -0.2) is 24.7 Å². The number of carbonyl (C=O) groups excluding carboxylic acids is 1. The molecule has 1 aliphatic rings. The fourth-order valence-electron chi connectivity index (χ4n) is 2.20. The standard InChI is InChI=1S/C10H20N2O2/c1-2-14-7-5-8-4-3-6-10(8,12)9(11)13/h8H,2-7,12H2,1H3,(H2,11,13). The quantitative estimate of drug-likeness (QED) is 0.630. The molecule has 0 aromatic carbocycles. The first-order valence-corrected chi connectivity index (χ1v) is 5.27. The Morgan fingerprint density at radius 2 is 2.36 bits per heavy atom. The van der Waals surface area contributed by atoms with Crippen molar-refractivity contribution in [3.63, 3.8) is 0 Å². The van der Waals surface area contributed by atoms with Gasteiger partial charge in [-0.3, -0.25) is 4.79 Å². The highest BCUT2D eigenvalue weighted by atomic mass is 16.5. The Morgan fingerprint density at radius 1 is 1.64 bits per heavy atom. The van der Waals surface area contributed by atoms with E-state index in [1.165, 1.54) is 0 Å². The van der Waals surface area contributed by atoms with Crippen molar-refractivity contribution in [1.82, 2.24) is 0 Å². The Morgan fingerprint density at radius 3 is 2.93 bits per heavy atom. The summed E-state index contributed by atoms with van der Waals surface area (Å²) in [5.41, 5.74) is 10.5. The van der Waals surface area contributed by atoms with E-state index in [1.54, 1.807) is 0 Å².